The molecule has 0 bridgehead atoms. The molecule has 0 aromatic carbocycles. The van der Waals surface area contributed by atoms with Crippen LogP contribution in [0.1, 0.15) is 20.8 Å². The molecule has 0 radical (unpaired) electrons. The van der Waals surface area contributed by atoms with Gasteiger partial charge < -0.3 is 9.05 Å². The van der Waals surface area contributed by atoms with Crippen molar-refractivity contribution in [2.75, 3.05) is 19.0 Å². The fourth-order valence-electron chi connectivity index (χ4n) is 0.860. The Bertz CT molecular complexity index is 347. The van der Waals surface area contributed by atoms with Crippen LogP contribution in [-0.2, 0) is 35.4 Å². The Morgan fingerprint density at radius 1 is 1.35 bits per heavy atom. The quantitative estimate of drug-likeness (QED) is 0.511. The summed E-state index contributed by atoms with van der Waals surface area (Å²) in [6, 6.07) is 0. The highest BCUT2D eigenvalue weighted by Crippen LogP contribution is 2.61. The third-order valence-corrected chi connectivity index (χ3v) is 7.59. The lowest BCUT2D eigenvalue weighted by Crippen LogP contribution is -2.16. The topological polar surface area (TPSA) is 82.1 Å². The molecule has 0 fully saturated rings. The van der Waals surface area contributed by atoms with E-state index in [-0.39, 0.29) is 5.75 Å². The molecule has 0 aliphatic carbocycles. The molecule has 17 heavy (non-hydrogen) atoms. The average Bonchev–Trinajstić information content (AvgIpc) is 2.13. The normalized spacial score (nSPS) is 14.8. The largest absolute Gasteiger partial charge is 0.397 e. The van der Waals surface area contributed by atoms with Gasteiger partial charge in [0, 0.05) is 5.75 Å². The van der Waals surface area contributed by atoms with Crippen molar-refractivity contribution in [3.63, 3.8) is 0 Å². The first kappa shape index (κ1) is 17.8. The smallest absolute Gasteiger partial charge is 0.322 e. The summed E-state index contributed by atoms with van der Waals surface area (Å²) < 4.78 is 44.5. The van der Waals surface area contributed by atoms with Crippen LogP contribution in [0.5, 0.6) is 0 Å². The van der Waals surface area contributed by atoms with E-state index in [0.29, 0.717) is 13.2 Å². The Balaban J connectivity index is 4.26. The van der Waals surface area contributed by atoms with E-state index in [0.717, 1.165) is 0 Å². The molecule has 0 spiro atoms. The van der Waals surface area contributed by atoms with E-state index in [1.54, 1.807) is 13.8 Å². The van der Waals surface area contributed by atoms with Crippen molar-refractivity contribution in [2.45, 2.75) is 26.9 Å². The number of hydrogen-bond donors (Lipinski definition) is 1. The van der Waals surface area contributed by atoms with Gasteiger partial charge in [0.25, 0.3) is 0 Å². The first-order valence-corrected chi connectivity index (χ1v) is 10.5. The van der Waals surface area contributed by atoms with Gasteiger partial charge in [-0.2, -0.15) is 8.42 Å². The van der Waals surface area contributed by atoms with Crippen LogP contribution in [0.4, 0.5) is 0 Å². The molecule has 1 N–H and O–H groups in total. The zero-order valence-electron chi connectivity index (χ0n) is 9.86. The maximum atomic E-state index is 10.5. The summed E-state index contributed by atoms with van der Waals surface area (Å²) in [5, 5.41) is 0. The van der Waals surface area contributed by atoms with Crippen molar-refractivity contribution in [2.24, 2.45) is 0 Å². The minimum atomic E-state index is -4.43. The molecule has 0 saturated heterocycles. The molecular weight excluding hydrogens is 307 g/mol. The zero-order valence-corrected chi connectivity index (χ0v) is 13.2. The monoisotopic (exact) mass is 324 g/mol. The lowest BCUT2D eigenvalue weighted by atomic mass is 10.5. The Hall–Kier alpha value is 0.790. The summed E-state index contributed by atoms with van der Waals surface area (Å²) in [4.78, 5) is 0. The van der Waals surface area contributed by atoms with Crippen LogP contribution in [0.25, 0.3) is 0 Å². The third-order valence-electron chi connectivity index (χ3n) is 1.33. The second-order valence-corrected chi connectivity index (χ2v) is 10.3. The van der Waals surface area contributed by atoms with Crippen LogP contribution in [0, 0.1) is 0 Å². The Morgan fingerprint density at radius 3 is 2.18 bits per heavy atom. The Labute approximate surface area is 111 Å². The molecule has 0 aromatic heterocycles. The molecule has 0 amide bonds. The minimum absolute atomic E-state index is 0.261. The van der Waals surface area contributed by atoms with Gasteiger partial charge in [-0.3, -0.25) is 4.55 Å². The molecule has 0 aliphatic rings. The first-order chi connectivity index (χ1) is 7.72. The highest BCUT2D eigenvalue weighted by Gasteiger charge is 2.22. The first-order valence-electron chi connectivity index (χ1n) is 4.91. The van der Waals surface area contributed by atoms with E-state index in [1.807, 2.05) is 0 Å². The third kappa shape index (κ3) is 9.38. The lowest BCUT2D eigenvalue weighted by Gasteiger charge is -2.21. The molecule has 0 aliphatic heterocycles. The summed E-state index contributed by atoms with van der Waals surface area (Å²) in [5.74, 6) is 0.261. The summed E-state index contributed by atoms with van der Waals surface area (Å²) in [6.07, 6.45) is -0.696. The molecule has 0 rings (SSSR count). The predicted octanol–water partition coefficient (Wildman–Crippen LogP) is 2.23. The molecule has 0 saturated carbocycles. The average molecular weight is 324 g/mol. The molecule has 0 aromatic rings. The van der Waals surface area contributed by atoms with Gasteiger partial charge in [-0.15, -0.1) is 0 Å². The Kier molecular flexibility index (Phi) is 8.43. The molecule has 10 heteroatoms. The lowest BCUT2D eigenvalue weighted by molar-refractivity contribution is 0.217. The van der Waals surface area contributed by atoms with E-state index < -0.39 is 22.2 Å². The van der Waals surface area contributed by atoms with Crippen molar-refractivity contribution in [1.29, 1.82) is 0 Å². The van der Waals surface area contributed by atoms with Gasteiger partial charge in [0.2, 0.25) is 5.69 Å². The van der Waals surface area contributed by atoms with Crippen molar-refractivity contribution in [1.82, 2.24) is 0 Å². The van der Waals surface area contributed by atoms with Crippen LogP contribution < -0.4 is 0 Å². The van der Waals surface area contributed by atoms with Crippen molar-refractivity contribution < 1.29 is 26.2 Å². The van der Waals surface area contributed by atoms with Crippen LogP contribution in [0.2, 0.25) is 0 Å². The van der Waals surface area contributed by atoms with Crippen LogP contribution in [-0.4, -0.2) is 38.0 Å². The Morgan fingerprint density at radius 2 is 1.82 bits per heavy atom. The molecule has 0 heterocycles. The van der Waals surface area contributed by atoms with E-state index in [1.165, 1.54) is 18.3 Å². The molecule has 1 atom stereocenters. The minimum Gasteiger partial charge on any atom is -0.322 e. The molecule has 6 nitrogen and oxygen atoms in total. The summed E-state index contributed by atoms with van der Waals surface area (Å²) >= 11 is 6.42. The van der Waals surface area contributed by atoms with Crippen LogP contribution >= 0.6 is 17.1 Å². The standard InChI is InChI=1S/C7H17O6PS3/c1-4-11-14(15,12-5-2)16-6-7(3)13-17(8,9)10/h7H,4-6H2,1-3H3,(H,8,9,10). The molecule has 104 valence electrons. The van der Waals surface area contributed by atoms with E-state index in [2.05, 4.69) is 4.18 Å². The highest BCUT2D eigenvalue weighted by molar-refractivity contribution is 8.67. The molecular formula is C7H17O6PS3. The van der Waals surface area contributed by atoms with Gasteiger partial charge in [-0.25, -0.2) is 4.18 Å². The maximum Gasteiger partial charge on any atom is 0.397 e. The number of hydrogen-bond acceptors (Lipinski definition) is 7. The summed E-state index contributed by atoms with van der Waals surface area (Å²) in [5.41, 5.74) is -2.45. The second-order valence-electron chi connectivity index (χ2n) is 2.91. The van der Waals surface area contributed by atoms with Crippen LogP contribution in [0.3, 0.4) is 0 Å². The fourth-order valence-corrected chi connectivity index (χ4v) is 6.18. The van der Waals surface area contributed by atoms with E-state index in [9.17, 15) is 8.42 Å². The van der Waals surface area contributed by atoms with E-state index in [4.69, 9.17) is 25.4 Å². The van der Waals surface area contributed by atoms with Gasteiger partial charge >= 0.3 is 10.4 Å². The SMILES string of the molecule is CCOP(=S)(OCC)SCC(C)OS(=O)(=O)O. The van der Waals surface area contributed by atoms with Gasteiger partial charge in [0.15, 0.2) is 0 Å². The fraction of sp³-hybridized carbons (Fsp3) is 1.00. The summed E-state index contributed by atoms with van der Waals surface area (Å²) in [7, 11) is -4.43. The van der Waals surface area contributed by atoms with Crippen molar-refractivity contribution in [3.8, 4) is 0 Å². The zero-order chi connectivity index (χ0) is 13.5. The molecule has 1 unspecified atom stereocenters. The van der Waals surface area contributed by atoms with Gasteiger partial charge in [0.05, 0.1) is 19.3 Å². The second kappa shape index (κ2) is 8.06. The maximum absolute atomic E-state index is 10.5. The highest BCUT2D eigenvalue weighted by atomic mass is 32.9. The predicted molar refractivity (Wildman–Crippen MR) is 72.1 cm³/mol. The van der Waals surface area contributed by atoms with Gasteiger partial charge in [-0.05, 0) is 32.6 Å². The van der Waals surface area contributed by atoms with Crippen LogP contribution in [0.15, 0.2) is 0 Å². The summed E-state index contributed by atoms with van der Waals surface area (Å²) in [6.45, 7) is 5.98. The number of rotatable bonds is 9. The van der Waals surface area contributed by atoms with Crippen molar-refractivity contribution in [3.05, 3.63) is 0 Å². The van der Waals surface area contributed by atoms with Gasteiger partial charge in [-0.1, -0.05) is 11.4 Å². The van der Waals surface area contributed by atoms with Crippen molar-refractivity contribution >= 4 is 39.3 Å². The van der Waals surface area contributed by atoms with E-state index >= 15 is 0 Å². The van der Waals surface area contributed by atoms with Gasteiger partial charge in [0.1, 0.15) is 0 Å².